The Hall–Kier alpha value is -2.74. The lowest BCUT2D eigenvalue weighted by Gasteiger charge is -2.25. The number of hydrogen-bond acceptors (Lipinski definition) is 5. The maximum Gasteiger partial charge on any atom is 0.307 e. The van der Waals surface area contributed by atoms with Crippen molar-refractivity contribution in [2.24, 2.45) is 0 Å². The minimum atomic E-state index is -3.76. The zero-order valence-electron chi connectivity index (χ0n) is 16.2. The highest BCUT2D eigenvalue weighted by Gasteiger charge is 2.34. The van der Waals surface area contributed by atoms with Crippen molar-refractivity contribution in [3.05, 3.63) is 59.9 Å². The Morgan fingerprint density at radius 2 is 1.83 bits per heavy atom. The zero-order chi connectivity index (χ0) is 21.2. The Morgan fingerprint density at radius 1 is 1.17 bits per heavy atom. The van der Waals surface area contributed by atoms with E-state index in [4.69, 9.17) is 4.74 Å². The predicted octanol–water partition coefficient (Wildman–Crippen LogP) is 2.90. The second-order valence-corrected chi connectivity index (χ2v) is 9.15. The summed E-state index contributed by atoms with van der Waals surface area (Å²) >= 11 is 0. The summed E-state index contributed by atoms with van der Waals surface area (Å²) in [5, 5.41) is 0. The fraction of sp³-hybridized carbons (Fsp3) is 0.333. The standard InChI is InChI=1S/C21H22FNO5S/c1-14-13-16-5-3-4-6-19(16)23(14)21(25)15(2)28-20(24)11-12-29(26,27)18-9-7-17(22)8-10-18/h3-10,14-15H,11-13H2,1-2H3/t14-,15-/m0/s1. The SMILES string of the molecule is C[C@H](OC(=O)CCS(=O)(=O)c1ccc(F)cc1)C(=O)N1c2ccccc2C[C@@H]1C. The molecule has 154 valence electrons. The van der Waals surface area contributed by atoms with Gasteiger partial charge in [0.05, 0.1) is 17.1 Å². The van der Waals surface area contributed by atoms with E-state index in [0.29, 0.717) is 0 Å². The molecule has 0 bridgehead atoms. The first-order chi connectivity index (χ1) is 13.7. The summed E-state index contributed by atoms with van der Waals surface area (Å²) in [5.41, 5.74) is 1.85. The summed E-state index contributed by atoms with van der Waals surface area (Å²) in [5.74, 6) is -2.16. The number of sulfone groups is 1. The van der Waals surface area contributed by atoms with Crippen LogP contribution in [0.4, 0.5) is 10.1 Å². The van der Waals surface area contributed by atoms with Crippen molar-refractivity contribution in [1.82, 2.24) is 0 Å². The van der Waals surface area contributed by atoms with Gasteiger partial charge in [-0.1, -0.05) is 18.2 Å². The maximum absolute atomic E-state index is 13.0. The first-order valence-electron chi connectivity index (χ1n) is 9.28. The highest BCUT2D eigenvalue weighted by molar-refractivity contribution is 7.91. The van der Waals surface area contributed by atoms with Crippen LogP contribution in [0.25, 0.3) is 0 Å². The third-order valence-electron chi connectivity index (χ3n) is 4.85. The Kier molecular flexibility index (Phi) is 6.02. The van der Waals surface area contributed by atoms with Gasteiger partial charge in [0, 0.05) is 11.7 Å². The summed E-state index contributed by atoms with van der Waals surface area (Å²) in [4.78, 5) is 26.5. The lowest BCUT2D eigenvalue weighted by atomic mass is 10.1. The molecule has 0 unspecified atom stereocenters. The van der Waals surface area contributed by atoms with E-state index >= 15 is 0 Å². The second kappa shape index (κ2) is 8.32. The first kappa shape index (κ1) is 21.0. The Labute approximate surface area is 169 Å². The highest BCUT2D eigenvalue weighted by Crippen LogP contribution is 2.32. The number of anilines is 1. The van der Waals surface area contributed by atoms with Gasteiger partial charge in [0.15, 0.2) is 15.9 Å². The number of para-hydroxylation sites is 1. The minimum absolute atomic E-state index is 0.0556. The van der Waals surface area contributed by atoms with Crippen LogP contribution in [0, 0.1) is 5.82 Å². The average molecular weight is 419 g/mol. The van der Waals surface area contributed by atoms with Crippen molar-refractivity contribution in [3.63, 3.8) is 0 Å². The van der Waals surface area contributed by atoms with E-state index in [0.717, 1.165) is 41.9 Å². The molecule has 3 rings (SSSR count). The molecule has 0 saturated carbocycles. The Bertz CT molecular complexity index is 1020. The third kappa shape index (κ3) is 4.64. The summed E-state index contributed by atoms with van der Waals surface area (Å²) in [6.45, 7) is 3.39. The van der Waals surface area contributed by atoms with Gasteiger partial charge in [0.1, 0.15) is 5.82 Å². The van der Waals surface area contributed by atoms with Crippen LogP contribution >= 0.6 is 0 Å². The van der Waals surface area contributed by atoms with Crippen LogP contribution in [0.5, 0.6) is 0 Å². The average Bonchev–Trinajstić information content (AvgIpc) is 3.02. The van der Waals surface area contributed by atoms with Crippen molar-refractivity contribution in [2.45, 2.75) is 43.7 Å². The number of carbonyl (C=O) groups is 2. The normalized spacial score (nSPS) is 16.9. The number of rotatable bonds is 6. The summed E-state index contributed by atoms with van der Waals surface area (Å²) in [6, 6.07) is 11.9. The van der Waals surface area contributed by atoms with Gasteiger partial charge in [-0.15, -0.1) is 0 Å². The summed E-state index contributed by atoms with van der Waals surface area (Å²) in [6.07, 6.45) is -0.716. The summed E-state index contributed by atoms with van der Waals surface area (Å²) in [7, 11) is -3.76. The van der Waals surface area contributed by atoms with Crippen molar-refractivity contribution in [3.8, 4) is 0 Å². The van der Waals surface area contributed by atoms with Gasteiger partial charge in [0.25, 0.3) is 5.91 Å². The molecule has 0 N–H and O–H groups in total. The van der Waals surface area contributed by atoms with Gasteiger partial charge < -0.3 is 9.64 Å². The van der Waals surface area contributed by atoms with Gasteiger partial charge >= 0.3 is 5.97 Å². The van der Waals surface area contributed by atoms with Crippen LogP contribution in [-0.4, -0.2) is 38.2 Å². The maximum atomic E-state index is 13.0. The number of halogens is 1. The molecule has 6 nitrogen and oxygen atoms in total. The third-order valence-corrected chi connectivity index (χ3v) is 6.58. The van der Waals surface area contributed by atoms with Crippen LogP contribution in [0.2, 0.25) is 0 Å². The smallest absolute Gasteiger partial charge is 0.307 e. The summed E-state index contributed by atoms with van der Waals surface area (Å²) < 4.78 is 42.6. The van der Waals surface area contributed by atoms with Crippen LogP contribution in [0.15, 0.2) is 53.4 Å². The van der Waals surface area contributed by atoms with Crippen molar-refractivity contribution < 1.29 is 27.1 Å². The van der Waals surface area contributed by atoms with Crippen molar-refractivity contribution in [2.75, 3.05) is 10.7 Å². The topological polar surface area (TPSA) is 80.8 Å². The molecular formula is C21H22FNO5S. The highest BCUT2D eigenvalue weighted by atomic mass is 32.2. The van der Waals surface area contributed by atoms with Gasteiger partial charge in [-0.2, -0.15) is 0 Å². The number of benzene rings is 2. The Morgan fingerprint density at radius 3 is 2.52 bits per heavy atom. The molecule has 1 amide bonds. The zero-order valence-corrected chi connectivity index (χ0v) is 17.0. The van der Waals surface area contributed by atoms with Gasteiger partial charge in [-0.05, 0) is 56.2 Å². The van der Waals surface area contributed by atoms with Crippen LogP contribution < -0.4 is 4.90 Å². The molecule has 0 aromatic heterocycles. The number of esters is 1. The van der Waals surface area contributed by atoms with Gasteiger partial charge in [-0.3, -0.25) is 9.59 Å². The predicted molar refractivity (Wildman–Crippen MR) is 106 cm³/mol. The van der Waals surface area contributed by atoms with Crippen LogP contribution in [0.3, 0.4) is 0 Å². The molecule has 2 atom stereocenters. The lowest BCUT2D eigenvalue weighted by molar-refractivity contribution is -0.153. The molecule has 0 radical (unpaired) electrons. The van der Waals surface area contributed by atoms with Crippen molar-refractivity contribution in [1.29, 1.82) is 0 Å². The second-order valence-electron chi connectivity index (χ2n) is 7.04. The van der Waals surface area contributed by atoms with E-state index in [1.54, 1.807) is 4.90 Å². The number of nitrogens with zero attached hydrogens (tertiary/aromatic N) is 1. The largest absolute Gasteiger partial charge is 0.452 e. The first-order valence-corrected chi connectivity index (χ1v) is 10.9. The Balaban J connectivity index is 1.59. The van der Waals surface area contributed by atoms with E-state index in [2.05, 4.69) is 0 Å². The van der Waals surface area contributed by atoms with E-state index < -0.39 is 39.9 Å². The molecular weight excluding hydrogens is 397 g/mol. The number of ether oxygens (including phenoxy) is 1. The quantitative estimate of drug-likeness (QED) is 0.531. The van der Waals surface area contributed by atoms with Crippen molar-refractivity contribution >= 4 is 27.4 Å². The number of hydrogen-bond donors (Lipinski definition) is 0. The van der Waals surface area contributed by atoms with Gasteiger partial charge in [0.2, 0.25) is 0 Å². The fourth-order valence-electron chi connectivity index (χ4n) is 3.38. The van der Waals surface area contributed by atoms with Gasteiger partial charge in [-0.25, -0.2) is 12.8 Å². The molecule has 8 heteroatoms. The molecule has 2 aromatic rings. The molecule has 0 saturated heterocycles. The molecule has 1 heterocycles. The molecule has 1 aliphatic rings. The van der Waals surface area contributed by atoms with Crippen LogP contribution in [0.1, 0.15) is 25.8 Å². The van der Waals surface area contributed by atoms with E-state index in [1.807, 2.05) is 31.2 Å². The number of amides is 1. The molecule has 1 aliphatic heterocycles. The van der Waals surface area contributed by atoms with E-state index in [9.17, 15) is 22.4 Å². The number of carbonyl (C=O) groups excluding carboxylic acids is 2. The minimum Gasteiger partial charge on any atom is -0.452 e. The number of fused-ring (bicyclic) bond motifs is 1. The lowest BCUT2D eigenvalue weighted by Crippen LogP contribution is -2.43. The monoisotopic (exact) mass is 419 g/mol. The molecule has 0 spiro atoms. The molecule has 29 heavy (non-hydrogen) atoms. The molecule has 2 aromatic carbocycles. The fourth-order valence-corrected chi connectivity index (χ4v) is 4.60. The van der Waals surface area contributed by atoms with Crippen LogP contribution in [-0.2, 0) is 30.6 Å². The van der Waals surface area contributed by atoms with E-state index in [1.165, 1.54) is 6.92 Å². The van der Waals surface area contributed by atoms with E-state index in [-0.39, 0.29) is 16.8 Å². The molecule has 0 aliphatic carbocycles. The molecule has 0 fully saturated rings.